The molecule has 0 spiro atoms. The zero-order valence-electron chi connectivity index (χ0n) is 9.60. The Hall–Kier alpha value is -0.870. The Balaban J connectivity index is 0.000000606. The molecule has 0 aliphatic rings. The minimum absolute atomic E-state index is 0.158. The van der Waals surface area contributed by atoms with Crippen molar-refractivity contribution < 1.29 is 9.13 Å². The molecule has 0 saturated heterocycles. The molecule has 1 aromatic carbocycles. The van der Waals surface area contributed by atoms with Crippen molar-refractivity contribution in [1.82, 2.24) is 4.98 Å². The van der Waals surface area contributed by atoms with Gasteiger partial charge in [-0.3, -0.25) is 0 Å². The largest absolute Gasteiger partial charge is 0.494 e. The van der Waals surface area contributed by atoms with Crippen molar-refractivity contribution in [3.63, 3.8) is 0 Å². The molecule has 1 aromatic heterocycles. The summed E-state index contributed by atoms with van der Waals surface area (Å²) < 4.78 is 19.0. The molecule has 0 fully saturated rings. The van der Waals surface area contributed by atoms with Crippen molar-refractivity contribution in [3.05, 3.63) is 21.9 Å². The van der Waals surface area contributed by atoms with Crippen LogP contribution in [0.1, 0.15) is 18.9 Å². The number of fused-ring (bicyclic) bond motifs is 1. The van der Waals surface area contributed by atoms with E-state index in [1.54, 1.807) is 0 Å². The molecule has 2 aromatic rings. The Labute approximate surface area is 103 Å². The molecular weight excluding hydrogens is 249 g/mol. The van der Waals surface area contributed by atoms with Crippen LogP contribution in [0.3, 0.4) is 0 Å². The predicted octanol–water partition coefficient (Wildman–Crippen LogP) is 4.43. The first kappa shape index (κ1) is 13.2. The number of methoxy groups -OCH3 is 1. The van der Waals surface area contributed by atoms with Crippen LogP contribution in [0.25, 0.3) is 10.2 Å². The highest BCUT2D eigenvalue weighted by molar-refractivity contribution is 7.18. The molecule has 0 saturated carbocycles. The highest BCUT2D eigenvalue weighted by Gasteiger charge is 2.15. The van der Waals surface area contributed by atoms with E-state index in [0.717, 1.165) is 5.01 Å². The molecule has 88 valence electrons. The number of halogens is 2. The van der Waals surface area contributed by atoms with E-state index in [0.29, 0.717) is 15.2 Å². The van der Waals surface area contributed by atoms with Crippen molar-refractivity contribution in [3.8, 4) is 5.75 Å². The molecule has 0 atom stereocenters. The van der Waals surface area contributed by atoms with Gasteiger partial charge in [-0.05, 0) is 6.92 Å². The van der Waals surface area contributed by atoms with E-state index >= 15 is 0 Å². The zero-order valence-corrected chi connectivity index (χ0v) is 11.2. The molecule has 5 heteroatoms. The van der Waals surface area contributed by atoms with Crippen LogP contribution in [-0.4, -0.2) is 12.1 Å². The number of hydrogen-bond acceptors (Lipinski definition) is 3. The van der Waals surface area contributed by atoms with Gasteiger partial charge in [-0.25, -0.2) is 9.37 Å². The lowest BCUT2D eigenvalue weighted by atomic mass is 10.3. The van der Waals surface area contributed by atoms with Crippen LogP contribution in [0.5, 0.6) is 5.75 Å². The quantitative estimate of drug-likeness (QED) is 0.758. The summed E-state index contributed by atoms with van der Waals surface area (Å²) in [6.45, 7) is 5.81. The van der Waals surface area contributed by atoms with Gasteiger partial charge in [-0.15, -0.1) is 11.3 Å². The first-order valence-corrected chi connectivity index (χ1v) is 6.12. The van der Waals surface area contributed by atoms with Crippen LogP contribution in [0.2, 0.25) is 5.02 Å². The van der Waals surface area contributed by atoms with Gasteiger partial charge < -0.3 is 4.74 Å². The van der Waals surface area contributed by atoms with Gasteiger partial charge in [0.05, 0.1) is 21.8 Å². The number of rotatable bonds is 1. The molecule has 0 aliphatic heterocycles. The third-order valence-electron chi connectivity index (χ3n) is 1.85. The molecule has 0 N–H and O–H groups in total. The molecular formula is C11H13ClFNOS. The van der Waals surface area contributed by atoms with Crippen LogP contribution in [0.15, 0.2) is 6.07 Å². The fourth-order valence-electron chi connectivity index (χ4n) is 1.24. The SMILES string of the molecule is CC.COc1cc(Cl)c2nc(C)sc2c1F. The van der Waals surface area contributed by atoms with Crippen LogP contribution in [0, 0.1) is 12.7 Å². The highest BCUT2D eigenvalue weighted by atomic mass is 35.5. The van der Waals surface area contributed by atoms with Gasteiger partial charge >= 0.3 is 0 Å². The predicted molar refractivity (Wildman–Crippen MR) is 67.2 cm³/mol. The molecule has 16 heavy (non-hydrogen) atoms. The summed E-state index contributed by atoms with van der Waals surface area (Å²) in [5, 5.41) is 1.21. The Bertz CT molecular complexity index is 498. The van der Waals surface area contributed by atoms with E-state index in [1.165, 1.54) is 24.5 Å². The van der Waals surface area contributed by atoms with Crippen molar-refractivity contribution in [2.24, 2.45) is 0 Å². The van der Waals surface area contributed by atoms with E-state index in [-0.39, 0.29) is 5.75 Å². The van der Waals surface area contributed by atoms with Gasteiger partial charge in [0.1, 0.15) is 5.52 Å². The van der Waals surface area contributed by atoms with Gasteiger partial charge in [0.2, 0.25) is 0 Å². The Kier molecular flexibility index (Phi) is 4.50. The summed E-state index contributed by atoms with van der Waals surface area (Å²) >= 11 is 7.20. The average Bonchev–Trinajstić information content (AvgIpc) is 2.69. The zero-order chi connectivity index (χ0) is 12.3. The molecule has 0 amide bonds. The van der Waals surface area contributed by atoms with E-state index in [9.17, 15) is 4.39 Å². The van der Waals surface area contributed by atoms with Crippen LogP contribution in [-0.2, 0) is 0 Å². The summed E-state index contributed by atoms with van der Waals surface area (Å²) in [6.07, 6.45) is 0. The van der Waals surface area contributed by atoms with Crippen molar-refractivity contribution >= 4 is 33.2 Å². The average molecular weight is 262 g/mol. The maximum Gasteiger partial charge on any atom is 0.184 e. The van der Waals surface area contributed by atoms with Gasteiger partial charge in [0, 0.05) is 6.07 Å². The standard InChI is InChI=1S/C9H7ClFNOS.C2H6/c1-4-12-8-5(10)3-6(13-2)7(11)9(8)14-4;1-2/h3H,1-2H3;1-2H3. The van der Waals surface area contributed by atoms with E-state index in [1.807, 2.05) is 20.8 Å². The summed E-state index contributed by atoms with van der Waals surface area (Å²) in [4.78, 5) is 4.14. The second-order valence-electron chi connectivity index (χ2n) is 2.79. The number of aromatic nitrogens is 1. The number of ether oxygens (including phenoxy) is 1. The number of hydrogen-bond donors (Lipinski definition) is 0. The van der Waals surface area contributed by atoms with E-state index in [4.69, 9.17) is 16.3 Å². The smallest absolute Gasteiger partial charge is 0.184 e. The van der Waals surface area contributed by atoms with Crippen molar-refractivity contribution in [1.29, 1.82) is 0 Å². The van der Waals surface area contributed by atoms with Crippen LogP contribution < -0.4 is 4.74 Å². The van der Waals surface area contributed by atoms with Crippen molar-refractivity contribution in [2.45, 2.75) is 20.8 Å². The third-order valence-corrected chi connectivity index (χ3v) is 3.11. The third kappa shape index (κ3) is 2.28. The lowest BCUT2D eigenvalue weighted by Gasteiger charge is -2.02. The molecule has 0 aliphatic carbocycles. The molecule has 0 radical (unpaired) electrons. The Morgan fingerprint density at radius 1 is 1.44 bits per heavy atom. The minimum atomic E-state index is -0.391. The Morgan fingerprint density at radius 3 is 2.62 bits per heavy atom. The highest BCUT2D eigenvalue weighted by Crippen LogP contribution is 2.35. The summed E-state index contributed by atoms with van der Waals surface area (Å²) in [6, 6.07) is 1.44. The minimum Gasteiger partial charge on any atom is -0.494 e. The lowest BCUT2D eigenvalue weighted by Crippen LogP contribution is -1.88. The topological polar surface area (TPSA) is 22.1 Å². The summed E-state index contributed by atoms with van der Waals surface area (Å²) in [5.74, 6) is -0.233. The number of aryl methyl sites for hydroxylation is 1. The second kappa shape index (κ2) is 5.46. The van der Waals surface area contributed by atoms with Gasteiger partial charge in [-0.2, -0.15) is 0 Å². The number of thiazole rings is 1. The van der Waals surface area contributed by atoms with Gasteiger partial charge in [0.15, 0.2) is 11.6 Å². The lowest BCUT2D eigenvalue weighted by molar-refractivity contribution is 0.389. The van der Waals surface area contributed by atoms with Gasteiger partial charge in [0.25, 0.3) is 0 Å². The molecule has 2 rings (SSSR count). The molecule has 2 nitrogen and oxygen atoms in total. The van der Waals surface area contributed by atoms with E-state index in [2.05, 4.69) is 4.98 Å². The molecule has 0 unspecified atom stereocenters. The summed E-state index contributed by atoms with van der Waals surface area (Å²) in [5.41, 5.74) is 0.507. The number of benzene rings is 1. The van der Waals surface area contributed by atoms with Gasteiger partial charge in [-0.1, -0.05) is 25.4 Å². The molecule has 0 bridgehead atoms. The summed E-state index contributed by atoms with van der Waals surface area (Å²) in [7, 11) is 1.41. The van der Waals surface area contributed by atoms with Crippen LogP contribution in [0.4, 0.5) is 4.39 Å². The van der Waals surface area contributed by atoms with Crippen molar-refractivity contribution in [2.75, 3.05) is 7.11 Å². The maximum atomic E-state index is 13.6. The molecule has 1 heterocycles. The Morgan fingerprint density at radius 2 is 2.06 bits per heavy atom. The first-order valence-electron chi connectivity index (χ1n) is 4.92. The fraction of sp³-hybridized carbons (Fsp3) is 0.364. The van der Waals surface area contributed by atoms with E-state index < -0.39 is 5.82 Å². The fourth-order valence-corrected chi connectivity index (χ4v) is 2.41. The number of nitrogens with zero attached hydrogens (tertiary/aromatic N) is 1. The van der Waals surface area contributed by atoms with Crippen LogP contribution >= 0.6 is 22.9 Å². The maximum absolute atomic E-state index is 13.6. The first-order chi connectivity index (χ1) is 7.63. The second-order valence-corrected chi connectivity index (χ2v) is 4.40. The monoisotopic (exact) mass is 261 g/mol. The normalized spacial score (nSPS) is 9.88.